The zero-order valence-electron chi connectivity index (χ0n) is 10.3. The highest BCUT2D eigenvalue weighted by Gasteiger charge is 2.11. The van der Waals surface area contributed by atoms with E-state index in [9.17, 15) is 4.79 Å². The van der Waals surface area contributed by atoms with Gasteiger partial charge in [-0.1, -0.05) is 24.8 Å². The van der Waals surface area contributed by atoms with Gasteiger partial charge in [0, 0.05) is 0 Å². The normalized spacial score (nSPS) is 9.89. The number of nitrogens with one attached hydrogen (secondary N) is 2. The molecule has 0 aliphatic carbocycles. The zero-order valence-corrected chi connectivity index (χ0v) is 10.3. The fourth-order valence-electron chi connectivity index (χ4n) is 1.50. The van der Waals surface area contributed by atoms with Gasteiger partial charge >= 0.3 is 0 Å². The van der Waals surface area contributed by atoms with Crippen LogP contribution in [0.2, 0.25) is 0 Å². The Bertz CT molecular complexity index is 552. The van der Waals surface area contributed by atoms with Crippen LogP contribution in [0.5, 0.6) is 5.75 Å². The highest BCUT2D eigenvalue weighted by Crippen LogP contribution is 2.17. The van der Waals surface area contributed by atoms with E-state index in [0.717, 1.165) is 0 Å². The van der Waals surface area contributed by atoms with E-state index in [1.54, 1.807) is 24.3 Å². The van der Waals surface area contributed by atoms with E-state index in [1.165, 1.54) is 6.33 Å². The molecular weight excluding hydrogens is 244 g/mol. The molecule has 0 aliphatic heterocycles. The molecule has 1 aromatic heterocycles. The average Bonchev–Trinajstić information content (AvgIpc) is 2.96. The van der Waals surface area contributed by atoms with Crippen LogP contribution in [0.15, 0.2) is 43.2 Å². The molecule has 98 valence electrons. The third kappa shape index (κ3) is 3.41. The summed E-state index contributed by atoms with van der Waals surface area (Å²) in [4.78, 5) is 16.0. The molecule has 0 unspecified atom stereocenters. The standard InChI is InChI=1S/C13H14N4O2/c1-2-7-19-11-6-4-3-5-10(11)13(18)14-8-12-15-9-16-17-12/h2-6,9H,1,7-8H2,(H,14,18)(H,15,16,17). The molecule has 0 aliphatic rings. The Labute approximate surface area is 110 Å². The van der Waals surface area contributed by atoms with Gasteiger partial charge in [0.25, 0.3) is 5.91 Å². The summed E-state index contributed by atoms with van der Waals surface area (Å²) in [6.07, 6.45) is 3.02. The Kier molecular flexibility index (Phi) is 4.28. The van der Waals surface area contributed by atoms with Crippen LogP contribution in [0.1, 0.15) is 16.2 Å². The monoisotopic (exact) mass is 258 g/mol. The second kappa shape index (κ2) is 6.34. The molecule has 0 atom stereocenters. The number of hydrogen-bond donors (Lipinski definition) is 2. The summed E-state index contributed by atoms with van der Waals surface area (Å²) >= 11 is 0. The van der Waals surface area contributed by atoms with Gasteiger partial charge in [-0.05, 0) is 12.1 Å². The molecule has 6 nitrogen and oxygen atoms in total. The van der Waals surface area contributed by atoms with E-state index < -0.39 is 0 Å². The lowest BCUT2D eigenvalue weighted by Crippen LogP contribution is -2.24. The number of carbonyl (C=O) groups excluding carboxylic acids is 1. The molecule has 0 bridgehead atoms. The third-order valence-corrected chi connectivity index (χ3v) is 2.37. The van der Waals surface area contributed by atoms with Gasteiger partial charge in [-0.25, -0.2) is 4.98 Å². The zero-order chi connectivity index (χ0) is 13.5. The molecule has 0 radical (unpaired) electrons. The largest absolute Gasteiger partial charge is 0.489 e. The summed E-state index contributed by atoms with van der Waals surface area (Å²) in [6.45, 7) is 4.22. The topological polar surface area (TPSA) is 79.9 Å². The summed E-state index contributed by atoms with van der Waals surface area (Å²) in [5.41, 5.74) is 0.476. The van der Waals surface area contributed by atoms with Crippen molar-refractivity contribution in [3.05, 3.63) is 54.6 Å². The van der Waals surface area contributed by atoms with E-state index in [4.69, 9.17) is 4.74 Å². The first-order valence-corrected chi connectivity index (χ1v) is 5.76. The van der Waals surface area contributed by atoms with Gasteiger partial charge in [0.2, 0.25) is 0 Å². The first kappa shape index (κ1) is 12.8. The van der Waals surface area contributed by atoms with Crippen LogP contribution in [0.4, 0.5) is 0 Å². The molecule has 1 amide bonds. The van der Waals surface area contributed by atoms with Crippen LogP contribution in [0, 0.1) is 0 Å². The number of carbonyl (C=O) groups is 1. The number of hydrogen-bond acceptors (Lipinski definition) is 4. The summed E-state index contributed by atoms with van der Waals surface area (Å²) in [5, 5.41) is 9.12. The molecule has 0 fully saturated rings. The van der Waals surface area contributed by atoms with Crippen LogP contribution in [0.3, 0.4) is 0 Å². The summed E-state index contributed by atoms with van der Waals surface area (Å²) in [6, 6.07) is 7.04. The Morgan fingerprint density at radius 1 is 1.47 bits per heavy atom. The van der Waals surface area contributed by atoms with Crippen molar-refractivity contribution in [1.29, 1.82) is 0 Å². The molecular formula is C13H14N4O2. The van der Waals surface area contributed by atoms with Crippen molar-refractivity contribution in [2.75, 3.05) is 6.61 Å². The highest BCUT2D eigenvalue weighted by molar-refractivity contribution is 5.96. The number of benzene rings is 1. The fraction of sp³-hybridized carbons (Fsp3) is 0.154. The van der Waals surface area contributed by atoms with Crippen molar-refractivity contribution in [2.24, 2.45) is 0 Å². The minimum atomic E-state index is -0.226. The van der Waals surface area contributed by atoms with Gasteiger partial charge in [0.1, 0.15) is 24.5 Å². The second-order valence-corrected chi connectivity index (χ2v) is 3.71. The molecule has 0 spiro atoms. The van der Waals surface area contributed by atoms with Gasteiger partial charge in [-0.3, -0.25) is 9.89 Å². The van der Waals surface area contributed by atoms with Gasteiger partial charge < -0.3 is 10.1 Å². The van der Waals surface area contributed by atoms with Crippen LogP contribution in [-0.2, 0) is 6.54 Å². The summed E-state index contributed by atoms with van der Waals surface area (Å²) in [5.74, 6) is 0.895. The molecule has 2 aromatic rings. The quantitative estimate of drug-likeness (QED) is 0.765. The number of aromatic nitrogens is 3. The van der Waals surface area contributed by atoms with Crippen molar-refractivity contribution in [2.45, 2.75) is 6.54 Å². The van der Waals surface area contributed by atoms with Gasteiger partial charge in [0.15, 0.2) is 0 Å². The molecule has 2 rings (SSSR count). The number of rotatable bonds is 6. The Morgan fingerprint density at radius 2 is 2.32 bits per heavy atom. The van der Waals surface area contributed by atoms with Crippen LogP contribution >= 0.6 is 0 Å². The third-order valence-electron chi connectivity index (χ3n) is 2.37. The van der Waals surface area contributed by atoms with Crippen molar-refractivity contribution >= 4 is 5.91 Å². The first-order chi connectivity index (χ1) is 9.31. The lowest BCUT2D eigenvalue weighted by molar-refractivity contribution is 0.0946. The van der Waals surface area contributed by atoms with Crippen LogP contribution in [0.25, 0.3) is 0 Å². The van der Waals surface area contributed by atoms with E-state index >= 15 is 0 Å². The predicted octanol–water partition coefficient (Wildman–Crippen LogP) is 1.30. The maximum Gasteiger partial charge on any atom is 0.255 e. The number of para-hydroxylation sites is 1. The van der Waals surface area contributed by atoms with E-state index in [0.29, 0.717) is 23.7 Å². The minimum Gasteiger partial charge on any atom is -0.489 e. The smallest absolute Gasteiger partial charge is 0.255 e. The van der Waals surface area contributed by atoms with Crippen LogP contribution in [-0.4, -0.2) is 27.7 Å². The first-order valence-electron chi connectivity index (χ1n) is 5.76. The number of H-pyrrole nitrogens is 1. The molecule has 6 heteroatoms. The average molecular weight is 258 g/mol. The highest BCUT2D eigenvalue weighted by atomic mass is 16.5. The summed E-state index contributed by atoms with van der Waals surface area (Å²) in [7, 11) is 0. The Hall–Kier alpha value is -2.63. The van der Waals surface area contributed by atoms with Crippen molar-refractivity contribution < 1.29 is 9.53 Å². The van der Waals surface area contributed by atoms with E-state index in [2.05, 4.69) is 27.1 Å². The molecule has 1 aromatic carbocycles. The Balaban J connectivity index is 2.03. The van der Waals surface area contributed by atoms with Crippen LogP contribution < -0.4 is 10.1 Å². The predicted molar refractivity (Wildman–Crippen MR) is 69.7 cm³/mol. The maximum atomic E-state index is 12.0. The molecule has 0 saturated carbocycles. The molecule has 19 heavy (non-hydrogen) atoms. The van der Waals surface area contributed by atoms with Gasteiger partial charge in [-0.2, -0.15) is 5.10 Å². The fourth-order valence-corrected chi connectivity index (χ4v) is 1.50. The van der Waals surface area contributed by atoms with Gasteiger partial charge in [-0.15, -0.1) is 0 Å². The van der Waals surface area contributed by atoms with Crippen molar-refractivity contribution in [1.82, 2.24) is 20.5 Å². The molecule has 0 saturated heterocycles. The van der Waals surface area contributed by atoms with Crippen molar-refractivity contribution in [3.8, 4) is 5.75 Å². The Morgan fingerprint density at radius 3 is 3.05 bits per heavy atom. The molecule has 1 heterocycles. The number of ether oxygens (including phenoxy) is 1. The molecule has 2 N–H and O–H groups in total. The minimum absolute atomic E-state index is 0.226. The summed E-state index contributed by atoms with van der Waals surface area (Å²) < 4.78 is 5.43. The number of aromatic amines is 1. The maximum absolute atomic E-state index is 12.0. The lowest BCUT2D eigenvalue weighted by Gasteiger charge is -2.09. The lowest BCUT2D eigenvalue weighted by atomic mass is 10.2. The van der Waals surface area contributed by atoms with E-state index in [-0.39, 0.29) is 12.5 Å². The SMILES string of the molecule is C=CCOc1ccccc1C(=O)NCc1ncn[nH]1. The van der Waals surface area contributed by atoms with E-state index in [1.807, 2.05) is 6.07 Å². The number of amides is 1. The second-order valence-electron chi connectivity index (χ2n) is 3.71. The van der Waals surface area contributed by atoms with Gasteiger partial charge in [0.05, 0.1) is 12.1 Å². The number of nitrogens with zero attached hydrogens (tertiary/aromatic N) is 2. The van der Waals surface area contributed by atoms with Crippen molar-refractivity contribution in [3.63, 3.8) is 0 Å².